The molecule has 1 heterocycles. The molecular weight excluding hydrogens is 244 g/mol. The van der Waals surface area contributed by atoms with Crippen molar-refractivity contribution >= 4 is 6.09 Å². The fourth-order valence-electron chi connectivity index (χ4n) is 2.96. The quantitative estimate of drug-likeness (QED) is 0.715. The number of rotatable bonds is 5. The topological polar surface area (TPSA) is 84.6 Å². The third kappa shape index (κ3) is 5.37. The molecule has 1 saturated heterocycles. The van der Waals surface area contributed by atoms with Gasteiger partial charge in [-0.25, -0.2) is 4.79 Å². The van der Waals surface area contributed by atoms with Gasteiger partial charge in [-0.3, -0.25) is 0 Å². The minimum atomic E-state index is -0.974. The first-order valence-corrected chi connectivity index (χ1v) is 7.12. The van der Waals surface area contributed by atoms with Gasteiger partial charge < -0.3 is 20.9 Å². The van der Waals surface area contributed by atoms with Crippen LogP contribution in [0.15, 0.2) is 0 Å². The number of ether oxygens (including phenoxy) is 1. The minimum Gasteiger partial charge on any atom is -0.465 e. The van der Waals surface area contributed by atoms with Gasteiger partial charge >= 0.3 is 6.09 Å². The first kappa shape index (κ1) is 16.2. The lowest BCUT2D eigenvalue weighted by molar-refractivity contribution is 0.0381. The average Bonchev–Trinajstić information content (AvgIpc) is 2.33. The molecule has 4 N–H and O–H groups in total. The van der Waals surface area contributed by atoms with Crippen LogP contribution in [-0.2, 0) is 4.74 Å². The van der Waals surface area contributed by atoms with Gasteiger partial charge in [0.1, 0.15) is 0 Å². The van der Waals surface area contributed by atoms with E-state index in [0.717, 1.165) is 32.5 Å². The Morgan fingerprint density at radius 3 is 2.63 bits per heavy atom. The summed E-state index contributed by atoms with van der Waals surface area (Å²) in [7, 11) is 0. The highest BCUT2D eigenvalue weighted by molar-refractivity contribution is 5.65. The van der Waals surface area contributed by atoms with E-state index >= 15 is 0 Å². The lowest BCUT2D eigenvalue weighted by atomic mass is 9.75. The summed E-state index contributed by atoms with van der Waals surface area (Å²) in [6.07, 6.45) is 2.20. The summed E-state index contributed by atoms with van der Waals surface area (Å²) in [5.41, 5.74) is 5.75. The third-order valence-electron chi connectivity index (χ3n) is 3.88. The number of carboxylic acid groups (broad SMARTS) is 1. The Kier molecular flexibility index (Phi) is 6.07. The molecule has 0 aromatic rings. The Morgan fingerprint density at radius 1 is 1.53 bits per heavy atom. The molecule has 0 aromatic carbocycles. The average molecular weight is 272 g/mol. The van der Waals surface area contributed by atoms with E-state index in [9.17, 15) is 4.79 Å². The van der Waals surface area contributed by atoms with E-state index in [-0.39, 0.29) is 17.4 Å². The largest absolute Gasteiger partial charge is 0.465 e. The summed E-state index contributed by atoms with van der Waals surface area (Å²) in [4.78, 5) is 11.0. The van der Waals surface area contributed by atoms with E-state index in [2.05, 4.69) is 5.32 Å². The number of nitrogens with one attached hydrogen (secondary N) is 1. The molecule has 1 rings (SSSR count). The van der Waals surface area contributed by atoms with Crippen LogP contribution in [0.25, 0.3) is 0 Å². The Labute approximate surface area is 115 Å². The maximum Gasteiger partial charge on any atom is 0.404 e. The van der Waals surface area contributed by atoms with E-state index < -0.39 is 6.09 Å². The van der Waals surface area contributed by atoms with E-state index in [0.29, 0.717) is 12.5 Å². The second kappa shape index (κ2) is 7.10. The molecule has 3 atom stereocenters. The van der Waals surface area contributed by atoms with Gasteiger partial charge in [0.15, 0.2) is 0 Å². The summed E-state index contributed by atoms with van der Waals surface area (Å²) in [5.74, 6) is 0.658. The SMILES string of the molecule is CC(C)(C)C(NC(=O)O)C(CN)C[C@H]1CCCOC1. The highest BCUT2D eigenvalue weighted by Crippen LogP contribution is 2.31. The van der Waals surface area contributed by atoms with E-state index in [1.165, 1.54) is 0 Å². The predicted octanol–water partition coefficient (Wildman–Crippen LogP) is 2.06. The van der Waals surface area contributed by atoms with Gasteiger partial charge in [0.25, 0.3) is 0 Å². The molecule has 5 heteroatoms. The van der Waals surface area contributed by atoms with Crippen molar-refractivity contribution in [3.63, 3.8) is 0 Å². The van der Waals surface area contributed by atoms with Crippen LogP contribution >= 0.6 is 0 Å². The van der Waals surface area contributed by atoms with Crippen LogP contribution < -0.4 is 11.1 Å². The second-order valence-corrected chi connectivity index (χ2v) is 6.61. The zero-order valence-electron chi connectivity index (χ0n) is 12.3. The molecule has 0 radical (unpaired) electrons. The zero-order chi connectivity index (χ0) is 14.5. The summed E-state index contributed by atoms with van der Waals surface area (Å²) >= 11 is 0. The third-order valence-corrected chi connectivity index (χ3v) is 3.88. The molecule has 0 saturated carbocycles. The first-order chi connectivity index (χ1) is 8.84. The van der Waals surface area contributed by atoms with Crippen LogP contribution in [0, 0.1) is 17.3 Å². The van der Waals surface area contributed by atoms with Crippen molar-refractivity contribution < 1.29 is 14.6 Å². The normalized spacial score (nSPS) is 23.7. The number of carbonyl (C=O) groups is 1. The molecule has 1 aliphatic rings. The van der Waals surface area contributed by atoms with Crippen LogP contribution in [0.3, 0.4) is 0 Å². The predicted molar refractivity (Wildman–Crippen MR) is 75.1 cm³/mol. The van der Waals surface area contributed by atoms with Gasteiger partial charge in [0.2, 0.25) is 0 Å². The molecule has 1 amide bonds. The van der Waals surface area contributed by atoms with Crippen molar-refractivity contribution in [2.24, 2.45) is 23.0 Å². The van der Waals surface area contributed by atoms with Gasteiger partial charge in [0.05, 0.1) is 0 Å². The van der Waals surface area contributed by atoms with Crippen LogP contribution in [0.5, 0.6) is 0 Å². The Morgan fingerprint density at radius 2 is 2.21 bits per heavy atom. The maximum atomic E-state index is 11.0. The van der Waals surface area contributed by atoms with Crippen LogP contribution in [0.2, 0.25) is 0 Å². The lowest BCUT2D eigenvalue weighted by Crippen LogP contribution is -2.51. The number of nitrogens with two attached hydrogens (primary N) is 1. The van der Waals surface area contributed by atoms with Crippen molar-refractivity contribution in [3.05, 3.63) is 0 Å². The fraction of sp³-hybridized carbons (Fsp3) is 0.929. The molecule has 1 fully saturated rings. The van der Waals surface area contributed by atoms with Crippen molar-refractivity contribution in [1.29, 1.82) is 0 Å². The minimum absolute atomic E-state index is 0.128. The molecule has 0 spiro atoms. The second-order valence-electron chi connectivity index (χ2n) is 6.61. The van der Waals surface area contributed by atoms with Crippen molar-refractivity contribution in [3.8, 4) is 0 Å². The number of hydrogen-bond donors (Lipinski definition) is 3. The number of hydrogen-bond acceptors (Lipinski definition) is 3. The summed E-state index contributed by atoms with van der Waals surface area (Å²) < 4.78 is 5.50. The number of amides is 1. The molecule has 5 nitrogen and oxygen atoms in total. The first-order valence-electron chi connectivity index (χ1n) is 7.12. The summed E-state index contributed by atoms with van der Waals surface area (Å²) in [5, 5.41) is 11.7. The van der Waals surface area contributed by atoms with Crippen LogP contribution in [0.4, 0.5) is 4.79 Å². The van der Waals surface area contributed by atoms with Crippen molar-refractivity contribution in [1.82, 2.24) is 5.32 Å². The molecule has 0 bridgehead atoms. The van der Waals surface area contributed by atoms with E-state index in [4.69, 9.17) is 15.6 Å². The maximum absolute atomic E-state index is 11.0. The highest BCUT2D eigenvalue weighted by Gasteiger charge is 2.34. The molecule has 19 heavy (non-hydrogen) atoms. The van der Waals surface area contributed by atoms with Crippen molar-refractivity contribution in [2.45, 2.75) is 46.1 Å². The van der Waals surface area contributed by atoms with Gasteiger partial charge in [-0.15, -0.1) is 0 Å². The Bertz CT molecular complexity index is 283. The van der Waals surface area contributed by atoms with Crippen LogP contribution in [-0.4, -0.2) is 37.0 Å². The smallest absolute Gasteiger partial charge is 0.404 e. The van der Waals surface area contributed by atoms with Crippen molar-refractivity contribution in [2.75, 3.05) is 19.8 Å². The summed E-state index contributed by atoms with van der Waals surface area (Å²) in [6, 6.07) is -0.128. The highest BCUT2D eigenvalue weighted by atomic mass is 16.5. The van der Waals surface area contributed by atoms with Gasteiger partial charge in [-0.05, 0) is 43.1 Å². The van der Waals surface area contributed by atoms with E-state index in [1.54, 1.807) is 0 Å². The fourth-order valence-corrected chi connectivity index (χ4v) is 2.96. The van der Waals surface area contributed by atoms with Crippen LogP contribution in [0.1, 0.15) is 40.0 Å². The molecule has 1 aliphatic heterocycles. The monoisotopic (exact) mass is 272 g/mol. The zero-order valence-corrected chi connectivity index (χ0v) is 12.3. The van der Waals surface area contributed by atoms with E-state index in [1.807, 2.05) is 20.8 Å². The van der Waals surface area contributed by atoms with Gasteiger partial charge in [-0.2, -0.15) is 0 Å². The summed E-state index contributed by atoms with van der Waals surface area (Å²) in [6.45, 7) is 8.27. The van der Waals surface area contributed by atoms with Gasteiger partial charge in [0, 0.05) is 19.3 Å². The Balaban J connectivity index is 2.68. The molecule has 112 valence electrons. The molecule has 0 aromatic heterocycles. The molecular formula is C14H28N2O3. The lowest BCUT2D eigenvalue weighted by Gasteiger charge is -2.38. The molecule has 2 unspecified atom stereocenters. The Hall–Kier alpha value is -0.810. The molecule has 0 aliphatic carbocycles. The van der Waals surface area contributed by atoms with Gasteiger partial charge in [-0.1, -0.05) is 20.8 Å². The standard InChI is InChI=1S/C14H28N2O3/c1-14(2,3)12(16-13(17)18)11(8-15)7-10-5-4-6-19-9-10/h10-12,16H,4-9,15H2,1-3H3,(H,17,18)/t10-,11?,12?/m1/s1.